The third-order valence-electron chi connectivity index (χ3n) is 4.34. The Morgan fingerprint density at radius 2 is 1.96 bits per heavy atom. The highest BCUT2D eigenvalue weighted by molar-refractivity contribution is 5.96. The highest BCUT2D eigenvalue weighted by Crippen LogP contribution is 2.17. The van der Waals surface area contributed by atoms with Crippen LogP contribution in [0.3, 0.4) is 0 Å². The van der Waals surface area contributed by atoms with Crippen molar-refractivity contribution >= 4 is 23.5 Å². The minimum atomic E-state index is -0.964. The van der Waals surface area contributed by atoms with Gasteiger partial charge in [-0.3, -0.25) is 24.5 Å². The molecular formula is C18H23N3O6. The molecule has 1 aromatic carbocycles. The number of nitro groups is 1. The fourth-order valence-corrected chi connectivity index (χ4v) is 2.87. The van der Waals surface area contributed by atoms with E-state index >= 15 is 0 Å². The fraction of sp³-hybridized carbons (Fsp3) is 0.500. The number of nitro benzene ring substituents is 1. The quantitative estimate of drug-likeness (QED) is 0.423. The average Bonchev–Trinajstić information content (AvgIpc) is 2.66. The summed E-state index contributed by atoms with van der Waals surface area (Å²) in [4.78, 5) is 46.0. The van der Waals surface area contributed by atoms with Crippen molar-refractivity contribution in [3.8, 4) is 0 Å². The van der Waals surface area contributed by atoms with Crippen molar-refractivity contribution in [3.63, 3.8) is 0 Å². The predicted molar refractivity (Wildman–Crippen MR) is 96.0 cm³/mol. The molecule has 2 N–H and O–H groups in total. The molecule has 0 aromatic heterocycles. The van der Waals surface area contributed by atoms with Crippen LogP contribution < -0.4 is 10.6 Å². The van der Waals surface area contributed by atoms with Crippen molar-refractivity contribution in [1.29, 1.82) is 0 Å². The van der Waals surface area contributed by atoms with Gasteiger partial charge in [0.15, 0.2) is 6.10 Å². The smallest absolute Gasteiger partial charge is 0.326 e. The third-order valence-corrected chi connectivity index (χ3v) is 4.34. The normalized spacial score (nSPS) is 15.4. The second kappa shape index (κ2) is 9.65. The van der Waals surface area contributed by atoms with E-state index < -0.39 is 29.4 Å². The molecule has 0 spiro atoms. The molecule has 1 fully saturated rings. The van der Waals surface area contributed by atoms with Crippen LogP contribution in [0.2, 0.25) is 0 Å². The summed E-state index contributed by atoms with van der Waals surface area (Å²) in [6.07, 6.45) is 4.19. The van der Waals surface area contributed by atoms with Crippen LogP contribution in [0.5, 0.6) is 0 Å². The predicted octanol–water partition coefficient (Wildman–Crippen LogP) is 1.71. The van der Waals surface area contributed by atoms with Gasteiger partial charge in [0, 0.05) is 23.7 Å². The molecule has 0 radical (unpaired) electrons. The number of amides is 2. The molecule has 146 valence electrons. The Hall–Kier alpha value is -2.97. The van der Waals surface area contributed by atoms with Gasteiger partial charge in [-0.05, 0) is 25.8 Å². The summed E-state index contributed by atoms with van der Waals surface area (Å²) >= 11 is 0. The van der Waals surface area contributed by atoms with Gasteiger partial charge in [0.25, 0.3) is 17.5 Å². The number of nitrogens with one attached hydrogen (secondary N) is 2. The largest absolute Gasteiger partial charge is 0.451 e. The minimum Gasteiger partial charge on any atom is -0.451 e. The third kappa shape index (κ3) is 6.36. The SMILES string of the molecule is CC(OC(=O)CNC(=O)c1cccc([N+](=O)[O-])c1)C(=O)NC1CCCCC1. The first-order valence-electron chi connectivity index (χ1n) is 8.89. The van der Waals surface area contributed by atoms with Gasteiger partial charge in [0.1, 0.15) is 6.54 Å². The molecule has 1 atom stereocenters. The van der Waals surface area contributed by atoms with Crippen LogP contribution in [-0.2, 0) is 14.3 Å². The maximum atomic E-state index is 12.1. The highest BCUT2D eigenvalue weighted by Gasteiger charge is 2.22. The standard InChI is InChI=1S/C18H23N3O6/c1-12(17(23)20-14-7-3-2-4-8-14)27-16(22)11-19-18(24)13-6-5-9-15(10-13)21(25)26/h5-6,9-10,12,14H,2-4,7-8,11H2,1H3,(H,19,24)(H,20,23). The zero-order chi connectivity index (χ0) is 19.8. The number of carbonyl (C=O) groups is 3. The number of rotatable bonds is 7. The molecule has 0 saturated heterocycles. The summed E-state index contributed by atoms with van der Waals surface area (Å²) in [6.45, 7) is 1.03. The number of carbonyl (C=O) groups excluding carboxylic acids is 3. The zero-order valence-electron chi connectivity index (χ0n) is 15.1. The Labute approximate surface area is 156 Å². The van der Waals surface area contributed by atoms with Crippen LogP contribution in [0.15, 0.2) is 24.3 Å². The van der Waals surface area contributed by atoms with Crippen LogP contribution in [-0.4, -0.2) is 41.4 Å². The van der Waals surface area contributed by atoms with Gasteiger partial charge in [0.2, 0.25) is 0 Å². The summed E-state index contributed by atoms with van der Waals surface area (Å²) < 4.78 is 5.03. The monoisotopic (exact) mass is 377 g/mol. The van der Waals surface area contributed by atoms with E-state index in [0.717, 1.165) is 31.7 Å². The van der Waals surface area contributed by atoms with Gasteiger partial charge >= 0.3 is 5.97 Å². The average molecular weight is 377 g/mol. The lowest BCUT2D eigenvalue weighted by molar-refractivity contribution is -0.384. The number of nitrogens with zero attached hydrogens (tertiary/aromatic N) is 1. The zero-order valence-corrected chi connectivity index (χ0v) is 15.1. The second-order valence-corrected chi connectivity index (χ2v) is 6.47. The molecule has 2 amide bonds. The van der Waals surface area contributed by atoms with Crippen LogP contribution >= 0.6 is 0 Å². The molecule has 0 heterocycles. The van der Waals surface area contributed by atoms with Gasteiger partial charge in [0.05, 0.1) is 4.92 Å². The molecule has 0 aliphatic heterocycles. The lowest BCUT2D eigenvalue weighted by atomic mass is 9.95. The minimum absolute atomic E-state index is 0.0556. The number of ether oxygens (including phenoxy) is 1. The van der Waals surface area contributed by atoms with Gasteiger partial charge < -0.3 is 15.4 Å². The van der Waals surface area contributed by atoms with Crippen molar-refractivity contribution in [2.75, 3.05) is 6.54 Å². The Balaban J connectivity index is 1.77. The lowest BCUT2D eigenvalue weighted by Gasteiger charge is -2.24. The van der Waals surface area contributed by atoms with Crippen LogP contribution in [0.4, 0.5) is 5.69 Å². The molecule has 9 nitrogen and oxygen atoms in total. The molecule has 9 heteroatoms. The summed E-state index contributed by atoms with van der Waals surface area (Å²) in [5.74, 6) is -1.77. The van der Waals surface area contributed by atoms with Crippen LogP contribution in [0, 0.1) is 10.1 Å². The molecule has 1 saturated carbocycles. The van der Waals surface area contributed by atoms with E-state index in [1.165, 1.54) is 31.5 Å². The fourth-order valence-electron chi connectivity index (χ4n) is 2.87. The van der Waals surface area contributed by atoms with E-state index in [9.17, 15) is 24.5 Å². The summed E-state index contributed by atoms with van der Waals surface area (Å²) in [5, 5.41) is 15.9. The van der Waals surface area contributed by atoms with Crippen molar-refractivity contribution in [2.45, 2.75) is 51.2 Å². The van der Waals surface area contributed by atoms with Crippen LogP contribution in [0.25, 0.3) is 0 Å². The highest BCUT2D eigenvalue weighted by atomic mass is 16.6. The Morgan fingerprint density at radius 1 is 1.26 bits per heavy atom. The molecule has 0 bridgehead atoms. The van der Waals surface area contributed by atoms with E-state index in [-0.39, 0.29) is 23.2 Å². The summed E-state index contributed by atoms with van der Waals surface area (Å²) in [7, 11) is 0. The molecular weight excluding hydrogens is 354 g/mol. The summed E-state index contributed by atoms with van der Waals surface area (Å²) in [5.41, 5.74) is -0.168. The van der Waals surface area contributed by atoms with Crippen LogP contribution in [0.1, 0.15) is 49.4 Å². The van der Waals surface area contributed by atoms with Gasteiger partial charge in [-0.1, -0.05) is 25.3 Å². The van der Waals surface area contributed by atoms with E-state index in [1.807, 2.05) is 0 Å². The van der Waals surface area contributed by atoms with Crippen molar-refractivity contribution in [3.05, 3.63) is 39.9 Å². The maximum absolute atomic E-state index is 12.1. The molecule has 1 aliphatic carbocycles. The second-order valence-electron chi connectivity index (χ2n) is 6.47. The molecule has 1 aromatic rings. The van der Waals surface area contributed by atoms with Crippen molar-refractivity contribution in [1.82, 2.24) is 10.6 Å². The summed E-state index contributed by atoms with van der Waals surface area (Å²) in [6, 6.07) is 5.26. The number of hydrogen-bond donors (Lipinski definition) is 2. The van der Waals surface area contributed by atoms with Gasteiger partial charge in [-0.25, -0.2) is 0 Å². The van der Waals surface area contributed by atoms with E-state index in [1.54, 1.807) is 0 Å². The first-order chi connectivity index (χ1) is 12.9. The lowest BCUT2D eigenvalue weighted by Crippen LogP contribution is -2.43. The van der Waals surface area contributed by atoms with Gasteiger partial charge in [-0.2, -0.15) is 0 Å². The number of benzene rings is 1. The number of esters is 1. The Kier molecular flexibility index (Phi) is 7.27. The first kappa shape index (κ1) is 20.3. The van der Waals surface area contributed by atoms with E-state index in [2.05, 4.69) is 10.6 Å². The van der Waals surface area contributed by atoms with Gasteiger partial charge in [-0.15, -0.1) is 0 Å². The molecule has 27 heavy (non-hydrogen) atoms. The van der Waals surface area contributed by atoms with E-state index in [0.29, 0.717) is 0 Å². The van der Waals surface area contributed by atoms with Crippen molar-refractivity contribution < 1.29 is 24.0 Å². The Morgan fingerprint density at radius 3 is 2.63 bits per heavy atom. The van der Waals surface area contributed by atoms with Crippen molar-refractivity contribution in [2.24, 2.45) is 0 Å². The molecule has 2 rings (SSSR count). The maximum Gasteiger partial charge on any atom is 0.326 e. The topological polar surface area (TPSA) is 128 Å². The molecule has 1 unspecified atom stereocenters. The van der Waals surface area contributed by atoms with E-state index in [4.69, 9.17) is 4.74 Å². The first-order valence-corrected chi connectivity index (χ1v) is 8.89. The molecule has 1 aliphatic rings. The Bertz CT molecular complexity index is 715. The number of non-ortho nitro benzene ring substituents is 1. The number of hydrogen-bond acceptors (Lipinski definition) is 6.